The van der Waals surface area contributed by atoms with Crippen LogP contribution in [0.2, 0.25) is 0 Å². The summed E-state index contributed by atoms with van der Waals surface area (Å²) >= 11 is 0. The van der Waals surface area contributed by atoms with Crippen molar-refractivity contribution >= 4 is 22.7 Å². The van der Waals surface area contributed by atoms with Crippen LogP contribution in [-0.2, 0) is 9.53 Å². The molecule has 1 aromatic carbocycles. The first-order chi connectivity index (χ1) is 8.67. The van der Waals surface area contributed by atoms with E-state index in [4.69, 9.17) is 9.47 Å². The lowest BCUT2D eigenvalue weighted by atomic mass is 10.1. The first-order valence-corrected chi connectivity index (χ1v) is 5.54. The summed E-state index contributed by atoms with van der Waals surface area (Å²) in [6.07, 6.45) is 1.50. The highest BCUT2D eigenvalue weighted by Crippen LogP contribution is 2.24. The number of nitrogens with one attached hydrogen (secondary N) is 1. The summed E-state index contributed by atoms with van der Waals surface area (Å²) < 4.78 is 9.79. The first-order valence-electron chi connectivity index (χ1n) is 5.54. The topological polar surface area (TPSA) is 68.4 Å². The fourth-order valence-corrected chi connectivity index (χ4v) is 1.72. The summed E-state index contributed by atoms with van der Waals surface area (Å²) in [6.45, 7) is 1.83. The quantitative estimate of drug-likeness (QED) is 0.509. The van der Waals surface area contributed by atoms with E-state index in [-0.39, 0.29) is 6.61 Å². The van der Waals surface area contributed by atoms with E-state index in [1.165, 1.54) is 6.20 Å². The van der Waals surface area contributed by atoms with Crippen LogP contribution in [-0.4, -0.2) is 30.5 Å². The molecule has 5 nitrogen and oxygen atoms in total. The van der Waals surface area contributed by atoms with E-state index in [0.717, 1.165) is 5.52 Å². The van der Waals surface area contributed by atoms with Gasteiger partial charge in [-0.3, -0.25) is 4.79 Å². The van der Waals surface area contributed by atoms with E-state index in [1.54, 1.807) is 32.2 Å². The summed E-state index contributed by atoms with van der Waals surface area (Å²) in [5.41, 5.74) is 1.06. The third-order valence-electron chi connectivity index (χ3n) is 2.59. The molecule has 0 bridgehead atoms. The van der Waals surface area contributed by atoms with Gasteiger partial charge in [0.2, 0.25) is 0 Å². The largest absolute Gasteiger partial charge is 0.497 e. The fourth-order valence-electron chi connectivity index (χ4n) is 1.72. The summed E-state index contributed by atoms with van der Waals surface area (Å²) in [7, 11) is 1.54. The van der Waals surface area contributed by atoms with E-state index in [1.807, 2.05) is 0 Å². The van der Waals surface area contributed by atoms with Crippen LogP contribution in [0.5, 0.6) is 5.75 Å². The molecule has 94 valence electrons. The second kappa shape index (κ2) is 4.91. The number of ketones is 1. The molecule has 0 fully saturated rings. The summed E-state index contributed by atoms with van der Waals surface area (Å²) in [4.78, 5) is 26.2. The van der Waals surface area contributed by atoms with Crippen LogP contribution in [0.3, 0.4) is 0 Å². The van der Waals surface area contributed by atoms with Gasteiger partial charge in [-0.25, -0.2) is 4.79 Å². The van der Waals surface area contributed by atoms with Crippen LogP contribution in [0, 0.1) is 0 Å². The van der Waals surface area contributed by atoms with Gasteiger partial charge in [0.25, 0.3) is 5.78 Å². The second-order valence-corrected chi connectivity index (χ2v) is 3.66. The number of aromatic nitrogens is 1. The van der Waals surface area contributed by atoms with E-state index in [2.05, 4.69) is 4.98 Å². The Kier molecular flexibility index (Phi) is 3.32. The molecule has 0 radical (unpaired) electrons. The number of H-pyrrole nitrogens is 1. The zero-order valence-corrected chi connectivity index (χ0v) is 10.1. The number of ether oxygens (including phenoxy) is 2. The number of carbonyl (C=O) groups is 2. The number of fused-ring (bicyclic) bond motifs is 1. The average Bonchev–Trinajstić information content (AvgIpc) is 2.80. The molecule has 0 saturated heterocycles. The van der Waals surface area contributed by atoms with Gasteiger partial charge in [-0.05, 0) is 25.1 Å². The van der Waals surface area contributed by atoms with Crippen molar-refractivity contribution in [2.24, 2.45) is 0 Å². The molecule has 0 atom stereocenters. The number of carbonyl (C=O) groups excluding carboxylic acids is 2. The molecule has 0 unspecified atom stereocenters. The van der Waals surface area contributed by atoms with Gasteiger partial charge in [-0.1, -0.05) is 0 Å². The average molecular weight is 247 g/mol. The Morgan fingerprint density at radius 3 is 2.78 bits per heavy atom. The molecule has 18 heavy (non-hydrogen) atoms. The first kappa shape index (κ1) is 12.2. The zero-order valence-electron chi connectivity index (χ0n) is 10.1. The number of Topliss-reactive ketones (excluding diaryl/α,β-unsaturated/α-hetero) is 1. The molecular weight excluding hydrogens is 234 g/mol. The molecule has 0 aliphatic heterocycles. The van der Waals surface area contributed by atoms with Gasteiger partial charge >= 0.3 is 5.97 Å². The number of hydrogen-bond donors (Lipinski definition) is 1. The molecule has 0 spiro atoms. The number of methoxy groups -OCH3 is 1. The van der Waals surface area contributed by atoms with Gasteiger partial charge in [0, 0.05) is 17.1 Å². The van der Waals surface area contributed by atoms with E-state index >= 15 is 0 Å². The molecule has 0 aliphatic rings. The molecule has 2 aromatic rings. The zero-order chi connectivity index (χ0) is 13.1. The Bertz CT molecular complexity index is 600. The van der Waals surface area contributed by atoms with Crippen LogP contribution in [0.15, 0.2) is 24.4 Å². The molecule has 1 N–H and O–H groups in total. The Morgan fingerprint density at radius 2 is 2.11 bits per heavy atom. The molecular formula is C13H13NO4. The third-order valence-corrected chi connectivity index (χ3v) is 2.59. The highest BCUT2D eigenvalue weighted by molar-refractivity contribution is 6.43. The monoisotopic (exact) mass is 247 g/mol. The Labute approximate surface area is 104 Å². The highest BCUT2D eigenvalue weighted by Gasteiger charge is 2.21. The number of benzene rings is 1. The summed E-state index contributed by atoms with van der Waals surface area (Å²) in [6, 6.07) is 5.27. The maximum absolute atomic E-state index is 11.9. The minimum absolute atomic E-state index is 0.177. The number of aromatic amines is 1. The number of hydrogen-bond acceptors (Lipinski definition) is 4. The molecule has 5 heteroatoms. The van der Waals surface area contributed by atoms with Crippen LogP contribution in [0.4, 0.5) is 0 Å². The van der Waals surface area contributed by atoms with E-state index in [0.29, 0.717) is 16.7 Å². The summed E-state index contributed by atoms with van der Waals surface area (Å²) in [5, 5.41) is 0.646. The fraction of sp³-hybridized carbons (Fsp3) is 0.231. The van der Waals surface area contributed by atoms with Gasteiger partial charge in [0.1, 0.15) is 5.75 Å². The molecule has 1 aromatic heterocycles. The smallest absolute Gasteiger partial charge is 0.379 e. The molecule has 0 aliphatic carbocycles. The maximum atomic E-state index is 11.9. The summed E-state index contributed by atoms with van der Waals surface area (Å²) in [5.74, 6) is -0.877. The number of esters is 1. The van der Waals surface area contributed by atoms with Crippen molar-refractivity contribution in [2.75, 3.05) is 13.7 Å². The predicted octanol–water partition coefficient (Wildman–Crippen LogP) is 1.92. The lowest BCUT2D eigenvalue weighted by Gasteiger charge is -2.01. The predicted molar refractivity (Wildman–Crippen MR) is 65.8 cm³/mol. The van der Waals surface area contributed by atoms with E-state index in [9.17, 15) is 9.59 Å². The van der Waals surface area contributed by atoms with Crippen LogP contribution in [0.1, 0.15) is 17.3 Å². The minimum Gasteiger partial charge on any atom is -0.497 e. The van der Waals surface area contributed by atoms with Crippen LogP contribution >= 0.6 is 0 Å². The standard InChI is InChI=1S/C13H13NO4/c1-3-18-13(16)12(15)10-7-14-11-5-4-8(17-2)6-9(10)11/h4-7,14H,3H2,1-2H3. The number of rotatable bonds is 4. The third kappa shape index (κ3) is 2.07. The van der Waals surface area contributed by atoms with Crippen LogP contribution < -0.4 is 4.74 Å². The Balaban J connectivity index is 2.44. The van der Waals surface area contributed by atoms with Gasteiger partial charge < -0.3 is 14.5 Å². The van der Waals surface area contributed by atoms with Crippen molar-refractivity contribution in [3.8, 4) is 5.75 Å². The van der Waals surface area contributed by atoms with Crippen molar-refractivity contribution in [1.29, 1.82) is 0 Å². The van der Waals surface area contributed by atoms with Gasteiger partial charge in [0.05, 0.1) is 19.3 Å². The van der Waals surface area contributed by atoms with Crippen LogP contribution in [0.25, 0.3) is 10.9 Å². The highest BCUT2D eigenvalue weighted by atomic mass is 16.5. The molecule has 0 amide bonds. The van der Waals surface area contributed by atoms with Crippen molar-refractivity contribution in [1.82, 2.24) is 4.98 Å². The molecule has 0 saturated carbocycles. The molecule has 1 heterocycles. The van der Waals surface area contributed by atoms with Crippen molar-refractivity contribution in [3.63, 3.8) is 0 Å². The molecule has 2 rings (SSSR count). The van der Waals surface area contributed by atoms with E-state index < -0.39 is 11.8 Å². The van der Waals surface area contributed by atoms with Crippen molar-refractivity contribution in [2.45, 2.75) is 6.92 Å². The second-order valence-electron chi connectivity index (χ2n) is 3.66. The lowest BCUT2D eigenvalue weighted by Crippen LogP contribution is -2.17. The normalized spacial score (nSPS) is 10.3. The Morgan fingerprint density at radius 1 is 1.33 bits per heavy atom. The maximum Gasteiger partial charge on any atom is 0.379 e. The van der Waals surface area contributed by atoms with Crippen molar-refractivity contribution < 1.29 is 19.1 Å². The lowest BCUT2D eigenvalue weighted by molar-refractivity contribution is -0.137. The SMILES string of the molecule is CCOC(=O)C(=O)c1c[nH]c2ccc(OC)cc12. The van der Waals surface area contributed by atoms with Gasteiger partial charge in [-0.2, -0.15) is 0 Å². The van der Waals surface area contributed by atoms with Gasteiger partial charge in [0.15, 0.2) is 0 Å². The Hall–Kier alpha value is -2.30. The van der Waals surface area contributed by atoms with Gasteiger partial charge in [-0.15, -0.1) is 0 Å². The minimum atomic E-state index is -0.846. The van der Waals surface area contributed by atoms with Crippen molar-refractivity contribution in [3.05, 3.63) is 30.0 Å².